The van der Waals surface area contributed by atoms with Crippen molar-refractivity contribution in [1.82, 2.24) is 19.3 Å². The summed E-state index contributed by atoms with van der Waals surface area (Å²) in [4.78, 5) is 7.96. The maximum atomic E-state index is 12.2. The van der Waals surface area contributed by atoms with Crippen LogP contribution in [0.1, 0.15) is 25.4 Å². The standard InChI is InChI=1S/C14H17N5O2S/c1-11(2)10-19-6-5-16-14(19)9-18-22(20,21)13-4-3-12(7-15)17-8-13/h3-6,8,11,18H,9-10H2,1-2H3. The van der Waals surface area contributed by atoms with Crippen LogP contribution in [-0.4, -0.2) is 23.0 Å². The Kier molecular flexibility index (Phi) is 4.90. The van der Waals surface area contributed by atoms with E-state index in [1.807, 2.05) is 16.8 Å². The van der Waals surface area contributed by atoms with Gasteiger partial charge in [-0.2, -0.15) is 5.26 Å². The first-order chi connectivity index (χ1) is 10.4. The number of rotatable bonds is 6. The number of nitriles is 1. The van der Waals surface area contributed by atoms with Gasteiger partial charge in [-0.1, -0.05) is 13.8 Å². The molecule has 0 radical (unpaired) electrons. The molecule has 0 aliphatic carbocycles. The molecule has 0 aliphatic heterocycles. The van der Waals surface area contributed by atoms with E-state index in [4.69, 9.17) is 5.26 Å². The summed E-state index contributed by atoms with van der Waals surface area (Å²) in [5.41, 5.74) is 0.173. The summed E-state index contributed by atoms with van der Waals surface area (Å²) in [5.74, 6) is 1.09. The van der Waals surface area contributed by atoms with Crippen molar-refractivity contribution in [3.05, 3.63) is 42.2 Å². The number of imidazole rings is 1. The van der Waals surface area contributed by atoms with Crippen LogP contribution >= 0.6 is 0 Å². The monoisotopic (exact) mass is 319 g/mol. The van der Waals surface area contributed by atoms with Crippen LogP contribution in [0.4, 0.5) is 0 Å². The van der Waals surface area contributed by atoms with Crippen molar-refractivity contribution in [2.75, 3.05) is 0 Å². The number of nitrogens with zero attached hydrogens (tertiary/aromatic N) is 4. The number of sulfonamides is 1. The highest BCUT2D eigenvalue weighted by atomic mass is 32.2. The highest BCUT2D eigenvalue weighted by Gasteiger charge is 2.16. The zero-order valence-corrected chi connectivity index (χ0v) is 13.2. The van der Waals surface area contributed by atoms with Crippen molar-refractivity contribution in [1.29, 1.82) is 5.26 Å². The molecule has 1 N–H and O–H groups in total. The van der Waals surface area contributed by atoms with Gasteiger partial charge in [0, 0.05) is 25.1 Å². The summed E-state index contributed by atoms with van der Waals surface area (Å²) in [6.45, 7) is 5.03. The Morgan fingerprint density at radius 2 is 2.14 bits per heavy atom. The Bertz CT molecular complexity index is 772. The van der Waals surface area contributed by atoms with E-state index >= 15 is 0 Å². The normalized spacial score (nSPS) is 11.5. The maximum absolute atomic E-state index is 12.2. The van der Waals surface area contributed by atoms with E-state index in [-0.39, 0.29) is 17.1 Å². The van der Waals surface area contributed by atoms with Crippen molar-refractivity contribution in [3.63, 3.8) is 0 Å². The molecule has 8 heteroatoms. The first-order valence-electron chi connectivity index (χ1n) is 6.78. The molecular formula is C14H17N5O2S. The minimum absolute atomic E-state index is 0.0217. The fourth-order valence-corrected chi connectivity index (χ4v) is 2.84. The van der Waals surface area contributed by atoms with Gasteiger partial charge in [0.15, 0.2) is 0 Å². The van der Waals surface area contributed by atoms with Crippen molar-refractivity contribution in [2.45, 2.75) is 31.8 Å². The van der Waals surface area contributed by atoms with Gasteiger partial charge < -0.3 is 4.57 Å². The lowest BCUT2D eigenvalue weighted by Gasteiger charge is -2.11. The van der Waals surface area contributed by atoms with Crippen molar-refractivity contribution < 1.29 is 8.42 Å². The van der Waals surface area contributed by atoms with Crippen LogP contribution in [0.25, 0.3) is 0 Å². The van der Waals surface area contributed by atoms with Crippen LogP contribution in [0.5, 0.6) is 0 Å². The molecule has 0 bridgehead atoms. The first-order valence-corrected chi connectivity index (χ1v) is 8.26. The lowest BCUT2D eigenvalue weighted by atomic mass is 10.2. The van der Waals surface area contributed by atoms with Crippen molar-refractivity contribution in [3.8, 4) is 6.07 Å². The molecule has 0 aromatic carbocycles. The van der Waals surface area contributed by atoms with Crippen LogP contribution in [0.15, 0.2) is 35.6 Å². The number of hydrogen-bond acceptors (Lipinski definition) is 5. The molecule has 0 atom stereocenters. The van der Waals surface area contributed by atoms with E-state index in [1.165, 1.54) is 18.3 Å². The van der Waals surface area contributed by atoms with Gasteiger partial charge in [0.25, 0.3) is 0 Å². The van der Waals surface area contributed by atoms with E-state index in [0.29, 0.717) is 11.7 Å². The van der Waals surface area contributed by atoms with Crippen LogP contribution < -0.4 is 4.72 Å². The molecule has 0 amide bonds. The molecule has 2 rings (SSSR count). The molecule has 0 fully saturated rings. The van der Waals surface area contributed by atoms with E-state index in [2.05, 4.69) is 28.5 Å². The van der Waals surface area contributed by atoms with Gasteiger partial charge in [0.05, 0.1) is 6.54 Å². The van der Waals surface area contributed by atoms with E-state index in [1.54, 1.807) is 6.20 Å². The van der Waals surface area contributed by atoms with Gasteiger partial charge in [0.1, 0.15) is 22.5 Å². The Hall–Kier alpha value is -2.24. The van der Waals surface area contributed by atoms with E-state index < -0.39 is 10.0 Å². The van der Waals surface area contributed by atoms with Gasteiger partial charge in [-0.3, -0.25) is 0 Å². The average Bonchev–Trinajstić information content (AvgIpc) is 2.92. The van der Waals surface area contributed by atoms with Crippen molar-refractivity contribution in [2.24, 2.45) is 5.92 Å². The zero-order chi connectivity index (χ0) is 16.2. The molecule has 7 nitrogen and oxygen atoms in total. The smallest absolute Gasteiger partial charge is 0.242 e. The highest BCUT2D eigenvalue weighted by molar-refractivity contribution is 7.89. The SMILES string of the molecule is CC(C)Cn1ccnc1CNS(=O)(=O)c1ccc(C#N)nc1. The fraction of sp³-hybridized carbons (Fsp3) is 0.357. The molecule has 2 heterocycles. The molecule has 2 aromatic heterocycles. The Balaban J connectivity index is 2.10. The first kappa shape index (κ1) is 16.1. The minimum Gasteiger partial charge on any atom is -0.334 e. The van der Waals surface area contributed by atoms with E-state index in [9.17, 15) is 8.42 Å². The van der Waals surface area contributed by atoms with Gasteiger partial charge in [-0.25, -0.2) is 23.1 Å². The number of pyridine rings is 1. The minimum atomic E-state index is -3.68. The van der Waals surface area contributed by atoms with E-state index in [0.717, 1.165) is 6.54 Å². The van der Waals surface area contributed by atoms with Crippen LogP contribution in [0, 0.1) is 17.2 Å². The van der Waals surface area contributed by atoms with Gasteiger partial charge in [-0.15, -0.1) is 0 Å². The molecule has 0 saturated carbocycles. The predicted octanol–water partition coefficient (Wildman–Crippen LogP) is 1.28. The third kappa shape index (κ3) is 3.90. The van der Waals surface area contributed by atoms with Gasteiger partial charge in [0.2, 0.25) is 10.0 Å². The lowest BCUT2D eigenvalue weighted by molar-refractivity contribution is 0.502. The fourth-order valence-electron chi connectivity index (χ4n) is 1.92. The summed E-state index contributed by atoms with van der Waals surface area (Å²) in [7, 11) is -3.68. The second-order valence-corrected chi connectivity index (χ2v) is 6.97. The molecule has 0 unspecified atom stereocenters. The quantitative estimate of drug-likeness (QED) is 0.864. The number of nitrogens with one attached hydrogen (secondary N) is 1. The average molecular weight is 319 g/mol. The van der Waals surface area contributed by atoms with Gasteiger partial charge >= 0.3 is 0 Å². The predicted molar refractivity (Wildman–Crippen MR) is 80.0 cm³/mol. The second-order valence-electron chi connectivity index (χ2n) is 5.21. The highest BCUT2D eigenvalue weighted by Crippen LogP contribution is 2.09. The summed E-state index contributed by atoms with van der Waals surface area (Å²) in [5, 5.41) is 8.67. The zero-order valence-electron chi connectivity index (χ0n) is 12.4. The molecular weight excluding hydrogens is 302 g/mol. The molecule has 116 valence electrons. The number of aromatic nitrogens is 3. The largest absolute Gasteiger partial charge is 0.334 e. The molecule has 2 aromatic rings. The summed E-state index contributed by atoms with van der Waals surface area (Å²) < 4.78 is 28.8. The summed E-state index contributed by atoms with van der Waals surface area (Å²) in [6.07, 6.45) is 4.64. The summed E-state index contributed by atoms with van der Waals surface area (Å²) >= 11 is 0. The second kappa shape index (κ2) is 6.68. The van der Waals surface area contributed by atoms with Crippen LogP contribution in [0.2, 0.25) is 0 Å². The molecule has 0 saturated heterocycles. The number of hydrogen-bond donors (Lipinski definition) is 1. The Morgan fingerprint density at radius 3 is 2.73 bits per heavy atom. The topological polar surface area (TPSA) is 101 Å². The van der Waals surface area contributed by atoms with Crippen LogP contribution in [0.3, 0.4) is 0 Å². The third-order valence-corrected chi connectivity index (χ3v) is 4.33. The molecule has 22 heavy (non-hydrogen) atoms. The van der Waals surface area contributed by atoms with Crippen LogP contribution in [-0.2, 0) is 23.1 Å². The Labute approximate surface area is 129 Å². The lowest BCUT2D eigenvalue weighted by Crippen LogP contribution is -2.25. The van der Waals surface area contributed by atoms with Gasteiger partial charge in [-0.05, 0) is 18.1 Å². The maximum Gasteiger partial charge on any atom is 0.242 e. The third-order valence-electron chi connectivity index (χ3n) is 2.95. The molecule has 0 aliphatic rings. The summed E-state index contributed by atoms with van der Waals surface area (Å²) in [6, 6.07) is 4.57. The van der Waals surface area contributed by atoms with Crippen molar-refractivity contribution >= 4 is 10.0 Å². The molecule has 0 spiro atoms. The Morgan fingerprint density at radius 1 is 1.36 bits per heavy atom.